The van der Waals surface area contributed by atoms with Crippen molar-refractivity contribution in [3.8, 4) is 11.4 Å². The van der Waals surface area contributed by atoms with E-state index in [0.29, 0.717) is 10.5 Å². The highest BCUT2D eigenvalue weighted by Crippen LogP contribution is 2.30. The molecular weight excluding hydrogens is 266 g/mol. The average Bonchev–Trinajstić information content (AvgIpc) is 3.03. The lowest BCUT2D eigenvalue weighted by atomic mass is 10.2. The summed E-state index contributed by atoms with van der Waals surface area (Å²) in [7, 11) is 0. The van der Waals surface area contributed by atoms with Gasteiger partial charge in [0.05, 0.1) is 0 Å². The maximum atomic E-state index is 6.15. The maximum absolute atomic E-state index is 6.15. The summed E-state index contributed by atoms with van der Waals surface area (Å²) in [5.74, 6) is 2.12. The molecule has 0 radical (unpaired) electrons. The van der Waals surface area contributed by atoms with E-state index in [1.54, 1.807) is 0 Å². The third kappa shape index (κ3) is 2.40. The molecule has 18 heavy (non-hydrogen) atoms. The van der Waals surface area contributed by atoms with Crippen LogP contribution in [0.25, 0.3) is 11.4 Å². The van der Waals surface area contributed by atoms with Crippen molar-refractivity contribution in [2.45, 2.75) is 24.6 Å². The van der Waals surface area contributed by atoms with E-state index in [-0.39, 0.29) is 0 Å². The molecule has 2 heterocycles. The van der Waals surface area contributed by atoms with Gasteiger partial charge in [0, 0.05) is 17.4 Å². The molecular formula is C13H14ClN3S. The van der Waals surface area contributed by atoms with Gasteiger partial charge in [-0.1, -0.05) is 30.3 Å². The molecule has 1 aliphatic rings. The Hall–Kier alpha value is -1.000. The van der Waals surface area contributed by atoms with Gasteiger partial charge in [-0.2, -0.15) is 11.8 Å². The Kier molecular flexibility index (Phi) is 3.57. The molecule has 1 fully saturated rings. The molecule has 2 aromatic rings. The van der Waals surface area contributed by atoms with E-state index >= 15 is 0 Å². The third-order valence-electron chi connectivity index (χ3n) is 3.15. The van der Waals surface area contributed by atoms with Crippen LogP contribution in [0.5, 0.6) is 0 Å². The van der Waals surface area contributed by atoms with Crippen LogP contribution in [-0.2, 0) is 6.54 Å². The van der Waals surface area contributed by atoms with Crippen molar-refractivity contribution >= 4 is 23.4 Å². The van der Waals surface area contributed by atoms with Crippen molar-refractivity contribution < 1.29 is 0 Å². The van der Waals surface area contributed by atoms with Crippen LogP contribution in [0.15, 0.2) is 30.3 Å². The van der Waals surface area contributed by atoms with Gasteiger partial charge in [-0.15, -0.1) is 10.2 Å². The smallest absolute Gasteiger partial charge is 0.225 e. The standard InChI is InChI=1S/C13H14ClN3S/c14-13-16-15-12(10-5-2-1-3-6-10)17(13)9-11-7-4-8-18-11/h1-3,5-6,11H,4,7-9H2. The van der Waals surface area contributed by atoms with Crippen LogP contribution >= 0.6 is 23.4 Å². The van der Waals surface area contributed by atoms with Crippen molar-refractivity contribution in [1.29, 1.82) is 0 Å². The second kappa shape index (κ2) is 5.33. The molecule has 1 aromatic carbocycles. The summed E-state index contributed by atoms with van der Waals surface area (Å²) in [5.41, 5.74) is 1.07. The second-order valence-corrected chi connectivity index (χ2v) is 6.15. The Bertz CT molecular complexity index is 520. The summed E-state index contributed by atoms with van der Waals surface area (Å²) in [6.07, 6.45) is 2.56. The fraction of sp³-hybridized carbons (Fsp3) is 0.385. The van der Waals surface area contributed by atoms with Gasteiger partial charge in [0.25, 0.3) is 0 Å². The van der Waals surface area contributed by atoms with Crippen molar-refractivity contribution in [3.63, 3.8) is 0 Å². The van der Waals surface area contributed by atoms with Gasteiger partial charge >= 0.3 is 0 Å². The van der Waals surface area contributed by atoms with Crippen molar-refractivity contribution in [2.75, 3.05) is 5.75 Å². The fourth-order valence-electron chi connectivity index (χ4n) is 2.24. The van der Waals surface area contributed by atoms with Crippen LogP contribution in [0.4, 0.5) is 0 Å². The van der Waals surface area contributed by atoms with E-state index in [9.17, 15) is 0 Å². The Morgan fingerprint density at radius 2 is 2.11 bits per heavy atom. The van der Waals surface area contributed by atoms with Crippen molar-refractivity contribution in [1.82, 2.24) is 14.8 Å². The van der Waals surface area contributed by atoms with Crippen molar-refractivity contribution in [3.05, 3.63) is 35.6 Å². The van der Waals surface area contributed by atoms with E-state index < -0.39 is 0 Å². The van der Waals surface area contributed by atoms with E-state index in [1.165, 1.54) is 18.6 Å². The number of benzene rings is 1. The first-order valence-corrected chi connectivity index (χ1v) is 7.53. The van der Waals surface area contributed by atoms with E-state index in [1.807, 2.05) is 46.7 Å². The molecule has 94 valence electrons. The summed E-state index contributed by atoms with van der Waals surface area (Å²) in [4.78, 5) is 0. The quantitative estimate of drug-likeness (QED) is 0.862. The van der Waals surface area contributed by atoms with Crippen LogP contribution < -0.4 is 0 Å². The maximum Gasteiger partial charge on any atom is 0.225 e. The Morgan fingerprint density at radius 3 is 2.83 bits per heavy atom. The highest BCUT2D eigenvalue weighted by molar-refractivity contribution is 8.00. The first-order valence-electron chi connectivity index (χ1n) is 6.10. The van der Waals surface area contributed by atoms with Gasteiger partial charge in [-0.25, -0.2) is 0 Å². The topological polar surface area (TPSA) is 30.7 Å². The number of nitrogens with zero attached hydrogens (tertiary/aromatic N) is 3. The average molecular weight is 280 g/mol. The van der Waals surface area contributed by atoms with Gasteiger partial charge in [0.2, 0.25) is 5.28 Å². The van der Waals surface area contributed by atoms with Gasteiger partial charge in [0.1, 0.15) is 0 Å². The number of hydrogen-bond donors (Lipinski definition) is 0. The Labute approximate surface area is 116 Å². The zero-order chi connectivity index (χ0) is 12.4. The number of thioether (sulfide) groups is 1. The summed E-state index contributed by atoms with van der Waals surface area (Å²) in [6, 6.07) is 10.1. The van der Waals surface area contributed by atoms with Crippen molar-refractivity contribution in [2.24, 2.45) is 0 Å². The molecule has 1 aliphatic heterocycles. The van der Waals surface area contributed by atoms with Gasteiger partial charge in [0.15, 0.2) is 5.82 Å². The lowest BCUT2D eigenvalue weighted by molar-refractivity contribution is 0.642. The molecule has 1 unspecified atom stereocenters. The number of halogens is 1. The van der Waals surface area contributed by atoms with Crippen LogP contribution in [0.2, 0.25) is 5.28 Å². The zero-order valence-electron chi connectivity index (χ0n) is 9.92. The number of rotatable bonds is 3. The highest BCUT2D eigenvalue weighted by Gasteiger charge is 2.20. The molecule has 1 atom stereocenters. The van der Waals surface area contributed by atoms with Crippen LogP contribution in [-0.4, -0.2) is 25.8 Å². The molecule has 5 heteroatoms. The number of aromatic nitrogens is 3. The van der Waals surface area contributed by atoms with Gasteiger partial charge in [-0.05, 0) is 30.2 Å². The predicted octanol–water partition coefficient (Wildman–Crippen LogP) is 3.49. The molecule has 3 nitrogen and oxygen atoms in total. The van der Waals surface area contributed by atoms with E-state index in [0.717, 1.165) is 17.9 Å². The Balaban J connectivity index is 1.91. The predicted molar refractivity (Wildman–Crippen MR) is 75.9 cm³/mol. The van der Waals surface area contributed by atoms with Gasteiger partial charge in [-0.3, -0.25) is 4.57 Å². The molecule has 0 saturated carbocycles. The highest BCUT2D eigenvalue weighted by atomic mass is 35.5. The Morgan fingerprint density at radius 1 is 1.28 bits per heavy atom. The third-order valence-corrected chi connectivity index (χ3v) is 4.81. The van der Waals surface area contributed by atoms with Crippen LogP contribution in [0, 0.1) is 0 Å². The minimum Gasteiger partial charge on any atom is -0.297 e. The van der Waals surface area contributed by atoms with Crippen LogP contribution in [0.3, 0.4) is 0 Å². The molecule has 0 spiro atoms. The molecule has 3 rings (SSSR count). The first kappa shape index (κ1) is 12.1. The summed E-state index contributed by atoms with van der Waals surface area (Å²) in [5, 5.41) is 9.33. The van der Waals surface area contributed by atoms with Crippen LogP contribution in [0.1, 0.15) is 12.8 Å². The summed E-state index contributed by atoms with van der Waals surface area (Å²) < 4.78 is 2.03. The summed E-state index contributed by atoms with van der Waals surface area (Å²) >= 11 is 8.17. The first-order chi connectivity index (χ1) is 8.84. The molecule has 1 aromatic heterocycles. The fourth-order valence-corrected chi connectivity index (χ4v) is 3.68. The molecule has 0 amide bonds. The SMILES string of the molecule is Clc1nnc(-c2ccccc2)n1CC1CCCS1. The lowest BCUT2D eigenvalue weighted by Gasteiger charge is -2.12. The zero-order valence-corrected chi connectivity index (χ0v) is 11.5. The van der Waals surface area contributed by atoms with E-state index in [4.69, 9.17) is 11.6 Å². The monoisotopic (exact) mass is 279 g/mol. The molecule has 0 N–H and O–H groups in total. The largest absolute Gasteiger partial charge is 0.297 e. The second-order valence-electron chi connectivity index (χ2n) is 4.40. The summed E-state index contributed by atoms with van der Waals surface area (Å²) in [6.45, 7) is 0.903. The lowest BCUT2D eigenvalue weighted by Crippen LogP contribution is -2.11. The minimum atomic E-state index is 0.487. The molecule has 0 aliphatic carbocycles. The molecule has 0 bridgehead atoms. The minimum absolute atomic E-state index is 0.487. The normalized spacial score (nSPS) is 19.3. The molecule has 1 saturated heterocycles. The van der Waals surface area contributed by atoms with E-state index in [2.05, 4.69) is 10.2 Å². The van der Waals surface area contributed by atoms with Gasteiger partial charge < -0.3 is 0 Å². The number of hydrogen-bond acceptors (Lipinski definition) is 3.